The van der Waals surface area contributed by atoms with Crippen LogP contribution < -0.4 is 5.48 Å². The van der Waals surface area contributed by atoms with Gasteiger partial charge in [0.15, 0.2) is 0 Å². The largest absolute Gasteiger partial charge is 0.296 e. The standard InChI is InChI=1S/C26H30N4O2/c1-19-15-29(18-24-6-3-4-8-25(24)23-7-5-13-27-14-23)16-20(2)30(19)17-21-9-11-22(12-10-21)26(31)28-32/h3-14,19-20,32H,15-18H2,1-2H3,(H,28,31)/t19-,20+. The lowest BCUT2D eigenvalue weighted by Crippen LogP contribution is -2.55. The van der Waals surface area contributed by atoms with Gasteiger partial charge in [-0.2, -0.15) is 0 Å². The van der Waals surface area contributed by atoms with Crippen LogP contribution >= 0.6 is 0 Å². The van der Waals surface area contributed by atoms with E-state index < -0.39 is 5.91 Å². The summed E-state index contributed by atoms with van der Waals surface area (Å²) >= 11 is 0. The monoisotopic (exact) mass is 430 g/mol. The Kier molecular flexibility index (Phi) is 6.95. The molecule has 2 heterocycles. The molecule has 1 aromatic heterocycles. The molecular formula is C26H30N4O2. The summed E-state index contributed by atoms with van der Waals surface area (Å²) in [6.45, 7) is 8.31. The molecule has 166 valence electrons. The normalized spacial score (nSPS) is 19.6. The summed E-state index contributed by atoms with van der Waals surface area (Å²) in [6.07, 6.45) is 3.74. The molecule has 1 aliphatic rings. The smallest absolute Gasteiger partial charge is 0.274 e. The molecule has 1 fully saturated rings. The van der Waals surface area contributed by atoms with Crippen LogP contribution in [0.1, 0.15) is 35.3 Å². The number of pyridine rings is 1. The van der Waals surface area contributed by atoms with Gasteiger partial charge < -0.3 is 0 Å². The molecule has 0 unspecified atom stereocenters. The fourth-order valence-corrected chi connectivity index (χ4v) is 4.65. The molecule has 0 spiro atoms. The summed E-state index contributed by atoms with van der Waals surface area (Å²) in [5, 5.41) is 8.78. The van der Waals surface area contributed by atoms with Gasteiger partial charge in [-0.25, -0.2) is 5.48 Å². The topological polar surface area (TPSA) is 68.7 Å². The third kappa shape index (κ3) is 5.05. The SMILES string of the molecule is C[C@@H]1CN(Cc2ccccc2-c2cccnc2)C[C@H](C)N1Cc1ccc(C(=O)NO)cc1. The van der Waals surface area contributed by atoms with E-state index in [0.717, 1.165) is 37.3 Å². The van der Waals surface area contributed by atoms with Crippen LogP contribution in [0.3, 0.4) is 0 Å². The number of hydroxylamine groups is 1. The maximum atomic E-state index is 11.5. The van der Waals surface area contributed by atoms with Crippen molar-refractivity contribution in [2.24, 2.45) is 0 Å². The molecule has 0 radical (unpaired) electrons. The van der Waals surface area contributed by atoms with Crippen LogP contribution in [-0.4, -0.2) is 51.1 Å². The zero-order chi connectivity index (χ0) is 22.5. The third-order valence-corrected chi connectivity index (χ3v) is 6.24. The third-order valence-electron chi connectivity index (χ3n) is 6.24. The first kappa shape index (κ1) is 22.1. The molecule has 6 nitrogen and oxygen atoms in total. The number of hydrogen-bond donors (Lipinski definition) is 2. The highest BCUT2D eigenvalue weighted by Gasteiger charge is 2.29. The highest BCUT2D eigenvalue weighted by Crippen LogP contribution is 2.26. The van der Waals surface area contributed by atoms with Gasteiger partial charge in [-0.05, 0) is 48.7 Å². The summed E-state index contributed by atoms with van der Waals surface area (Å²) < 4.78 is 0. The molecule has 0 aliphatic carbocycles. The van der Waals surface area contributed by atoms with Crippen LogP contribution in [-0.2, 0) is 13.1 Å². The highest BCUT2D eigenvalue weighted by molar-refractivity contribution is 5.93. The summed E-state index contributed by atoms with van der Waals surface area (Å²) in [7, 11) is 0. The molecule has 2 aromatic carbocycles. The fourth-order valence-electron chi connectivity index (χ4n) is 4.65. The number of carbonyl (C=O) groups excluding carboxylic acids is 1. The van der Waals surface area contributed by atoms with E-state index in [4.69, 9.17) is 5.21 Å². The maximum Gasteiger partial charge on any atom is 0.274 e. The van der Waals surface area contributed by atoms with Gasteiger partial charge in [0.2, 0.25) is 0 Å². The first-order valence-corrected chi connectivity index (χ1v) is 11.0. The molecule has 1 aliphatic heterocycles. The van der Waals surface area contributed by atoms with E-state index in [1.807, 2.05) is 30.6 Å². The Morgan fingerprint density at radius 3 is 2.38 bits per heavy atom. The number of carbonyl (C=O) groups is 1. The predicted molar refractivity (Wildman–Crippen MR) is 125 cm³/mol. The Balaban J connectivity index is 1.42. The second-order valence-corrected chi connectivity index (χ2v) is 8.60. The minimum absolute atomic E-state index is 0.407. The minimum atomic E-state index is -0.488. The Morgan fingerprint density at radius 1 is 1.00 bits per heavy atom. The summed E-state index contributed by atoms with van der Waals surface area (Å²) in [4.78, 5) is 20.9. The van der Waals surface area contributed by atoms with E-state index in [1.165, 1.54) is 11.1 Å². The van der Waals surface area contributed by atoms with Crippen LogP contribution in [0.5, 0.6) is 0 Å². The zero-order valence-corrected chi connectivity index (χ0v) is 18.6. The van der Waals surface area contributed by atoms with Gasteiger partial charge in [0.1, 0.15) is 0 Å². The molecule has 1 saturated heterocycles. The van der Waals surface area contributed by atoms with Crippen molar-refractivity contribution in [3.8, 4) is 11.1 Å². The molecular weight excluding hydrogens is 400 g/mol. The minimum Gasteiger partial charge on any atom is -0.296 e. The quantitative estimate of drug-likeness (QED) is 0.458. The van der Waals surface area contributed by atoms with Crippen LogP contribution in [0.4, 0.5) is 0 Å². The van der Waals surface area contributed by atoms with Gasteiger partial charge in [-0.15, -0.1) is 0 Å². The predicted octanol–water partition coefficient (Wildman–Crippen LogP) is 3.96. The summed E-state index contributed by atoms with van der Waals surface area (Å²) in [5.41, 5.74) is 7.02. The van der Waals surface area contributed by atoms with E-state index in [1.54, 1.807) is 17.6 Å². The lowest BCUT2D eigenvalue weighted by molar-refractivity contribution is 0.0291. The number of nitrogens with zero attached hydrogens (tertiary/aromatic N) is 3. The number of aromatic nitrogens is 1. The van der Waals surface area contributed by atoms with Gasteiger partial charge >= 0.3 is 0 Å². The van der Waals surface area contributed by atoms with Crippen LogP contribution in [0.2, 0.25) is 0 Å². The molecule has 1 amide bonds. The molecule has 32 heavy (non-hydrogen) atoms. The average molecular weight is 431 g/mol. The van der Waals surface area contributed by atoms with Crippen molar-refractivity contribution < 1.29 is 10.0 Å². The van der Waals surface area contributed by atoms with Crippen LogP contribution in [0.25, 0.3) is 11.1 Å². The first-order valence-electron chi connectivity index (χ1n) is 11.0. The van der Waals surface area contributed by atoms with Gasteiger partial charge in [0.05, 0.1) is 0 Å². The Morgan fingerprint density at radius 2 is 1.72 bits per heavy atom. The summed E-state index contributed by atoms with van der Waals surface area (Å²) in [6, 6.07) is 20.9. The lowest BCUT2D eigenvalue weighted by atomic mass is 9.99. The Bertz CT molecular complexity index is 1030. The van der Waals surface area contributed by atoms with E-state index in [0.29, 0.717) is 17.6 Å². The molecule has 0 bridgehead atoms. The number of piperazine rings is 1. The summed E-state index contributed by atoms with van der Waals surface area (Å²) in [5.74, 6) is -0.488. The molecule has 0 saturated carbocycles. The second-order valence-electron chi connectivity index (χ2n) is 8.60. The molecule has 6 heteroatoms. The Labute approximate surface area is 189 Å². The molecule has 2 atom stereocenters. The number of benzene rings is 2. The van der Waals surface area contributed by atoms with Gasteiger partial charge in [0, 0.05) is 61.8 Å². The van der Waals surface area contributed by atoms with E-state index in [-0.39, 0.29) is 0 Å². The van der Waals surface area contributed by atoms with Crippen molar-refractivity contribution in [3.63, 3.8) is 0 Å². The van der Waals surface area contributed by atoms with Crippen LogP contribution in [0, 0.1) is 0 Å². The van der Waals surface area contributed by atoms with Crippen molar-refractivity contribution in [3.05, 3.63) is 89.7 Å². The number of amides is 1. The first-order chi connectivity index (χ1) is 15.5. The second kappa shape index (κ2) is 10.0. The maximum absolute atomic E-state index is 11.5. The number of hydrogen-bond acceptors (Lipinski definition) is 5. The molecule has 4 rings (SSSR count). The lowest BCUT2D eigenvalue weighted by Gasteiger charge is -2.44. The van der Waals surface area contributed by atoms with Crippen molar-refractivity contribution in [1.29, 1.82) is 0 Å². The fraction of sp³-hybridized carbons (Fsp3) is 0.308. The van der Waals surface area contributed by atoms with Crippen LogP contribution in [0.15, 0.2) is 73.1 Å². The van der Waals surface area contributed by atoms with Crippen molar-refractivity contribution in [1.82, 2.24) is 20.3 Å². The molecule has 2 N–H and O–H groups in total. The van der Waals surface area contributed by atoms with Crippen molar-refractivity contribution in [2.75, 3.05) is 13.1 Å². The number of nitrogens with one attached hydrogen (secondary N) is 1. The highest BCUT2D eigenvalue weighted by atomic mass is 16.5. The van der Waals surface area contributed by atoms with E-state index >= 15 is 0 Å². The average Bonchev–Trinajstić information content (AvgIpc) is 2.82. The van der Waals surface area contributed by atoms with Crippen molar-refractivity contribution in [2.45, 2.75) is 39.0 Å². The molecule has 3 aromatic rings. The van der Waals surface area contributed by atoms with Gasteiger partial charge in [-0.3, -0.25) is 24.8 Å². The Hall–Kier alpha value is -3.06. The zero-order valence-electron chi connectivity index (χ0n) is 18.6. The van der Waals surface area contributed by atoms with Gasteiger partial charge in [-0.1, -0.05) is 42.5 Å². The van der Waals surface area contributed by atoms with E-state index in [2.05, 4.69) is 59.0 Å². The van der Waals surface area contributed by atoms with Gasteiger partial charge in [0.25, 0.3) is 5.91 Å². The van der Waals surface area contributed by atoms with Crippen molar-refractivity contribution >= 4 is 5.91 Å². The van der Waals surface area contributed by atoms with E-state index in [9.17, 15) is 4.79 Å². The number of rotatable bonds is 6.